The van der Waals surface area contributed by atoms with Crippen LogP contribution in [-0.4, -0.2) is 35.8 Å². The first-order valence-corrected chi connectivity index (χ1v) is 9.54. The van der Waals surface area contributed by atoms with Crippen LogP contribution in [0.2, 0.25) is 0 Å². The summed E-state index contributed by atoms with van der Waals surface area (Å²) < 4.78 is 4.06. The number of nitrogens with zero attached hydrogens (tertiary/aromatic N) is 5. The van der Waals surface area contributed by atoms with Crippen LogP contribution in [0.4, 0.5) is 0 Å². The molecule has 1 aromatic carbocycles. The van der Waals surface area contributed by atoms with E-state index in [1.54, 1.807) is 12.5 Å². The molecule has 0 unspecified atom stereocenters. The van der Waals surface area contributed by atoms with E-state index in [1.807, 2.05) is 70.5 Å². The molecule has 6 heteroatoms. The van der Waals surface area contributed by atoms with E-state index in [0.717, 1.165) is 41.9 Å². The van der Waals surface area contributed by atoms with E-state index in [-0.39, 0.29) is 5.91 Å². The highest BCUT2D eigenvalue weighted by molar-refractivity contribution is 5.94. The molecular formula is C22H21N5O. The predicted octanol–water partition coefficient (Wildman–Crippen LogP) is 3.38. The Kier molecular flexibility index (Phi) is 4.16. The molecule has 0 aliphatic heterocycles. The Labute approximate surface area is 163 Å². The average molecular weight is 371 g/mol. The summed E-state index contributed by atoms with van der Waals surface area (Å²) in [6.07, 6.45) is 11.5. The van der Waals surface area contributed by atoms with E-state index in [2.05, 4.69) is 14.4 Å². The Bertz CT molecular complexity index is 1090. The summed E-state index contributed by atoms with van der Waals surface area (Å²) in [6, 6.07) is 14.2. The zero-order valence-corrected chi connectivity index (χ0v) is 15.5. The largest absolute Gasteiger partial charge is 0.333 e. The van der Waals surface area contributed by atoms with Crippen LogP contribution < -0.4 is 0 Å². The fourth-order valence-corrected chi connectivity index (χ4v) is 3.54. The van der Waals surface area contributed by atoms with Crippen LogP contribution in [0.15, 0.2) is 73.6 Å². The van der Waals surface area contributed by atoms with Crippen LogP contribution in [-0.2, 0) is 13.1 Å². The quantitative estimate of drug-likeness (QED) is 0.522. The molecule has 0 radical (unpaired) electrons. The van der Waals surface area contributed by atoms with Crippen molar-refractivity contribution in [1.82, 2.24) is 23.8 Å². The summed E-state index contributed by atoms with van der Waals surface area (Å²) in [6.45, 7) is 1.33. The third kappa shape index (κ3) is 3.29. The number of rotatable bonds is 6. The van der Waals surface area contributed by atoms with E-state index in [1.165, 1.54) is 0 Å². The number of hydrogen-bond donors (Lipinski definition) is 0. The lowest BCUT2D eigenvalue weighted by Gasteiger charge is -2.22. The third-order valence-electron chi connectivity index (χ3n) is 5.20. The lowest BCUT2D eigenvalue weighted by Crippen LogP contribution is -2.33. The van der Waals surface area contributed by atoms with Crippen molar-refractivity contribution in [2.24, 2.45) is 0 Å². The lowest BCUT2D eigenvalue weighted by atomic mass is 10.1. The molecule has 0 spiro atoms. The van der Waals surface area contributed by atoms with E-state index in [9.17, 15) is 4.79 Å². The second-order valence-corrected chi connectivity index (χ2v) is 7.27. The minimum atomic E-state index is 0.0857. The molecule has 0 saturated heterocycles. The number of amides is 1. The summed E-state index contributed by atoms with van der Waals surface area (Å²) in [5.74, 6) is 0.0857. The van der Waals surface area contributed by atoms with Crippen molar-refractivity contribution in [3.8, 4) is 0 Å². The topological polar surface area (TPSA) is 55.4 Å². The number of fused-ring (bicyclic) bond motifs is 1. The van der Waals surface area contributed by atoms with Crippen molar-refractivity contribution in [3.05, 3.63) is 90.4 Å². The van der Waals surface area contributed by atoms with Gasteiger partial charge in [0, 0.05) is 36.7 Å². The highest BCUT2D eigenvalue weighted by atomic mass is 16.2. The maximum atomic E-state index is 13.2. The first-order chi connectivity index (χ1) is 13.8. The van der Waals surface area contributed by atoms with Gasteiger partial charge in [-0.25, -0.2) is 9.97 Å². The number of aromatic nitrogens is 4. The predicted molar refractivity (Wildman–Crippen MR) is 106 cm³/mol. The summed E-state index contributed by atoms with van der Waals surface area (Å²) in [5, 5.41) is 0. The molecule has 1 aliphatic carbocycles. The van der Waals surface area contributed by atoms with Crippen LogP contribution in [0.1, 0.15) is 34.5 Å². The number of pyridine rings is 1. The van der Waals surface area contributed by atoms with Gasteiger partial charge in [-0.05, 0) is 42.7 Å². The monoisotopic (exact) mass is 371 g/mol. The molecule has 3 aromatic heterocycles. The zero-order chi connectivity index (χ0) is 18.9. The van der Waals surface area contributed by atoms with Crippen molar-refractivity contribution >= 4 is 11.6 Å². The van der Waals surface area contributed by atoms with Gasteiger partial charge in [-0.3, -0.25) is 4.79 Å². The fourth-order valence-electron chi connectivity index (χ4n) is 3.54. The van der Waals surface area contributed by atoms with Crippen LogP contribution in [0.25, 0.3) is 5.65 Å². The first kappa shape index (κ1) is 16.7. The summed E-state index contributed by atoms with van der Waals surface area (Å²) in [4.78, 5) is 23.7. The van der Waals surface area contributed by atoms with Gasteiger partial charge in [-0.1, -0.05) is 18.2 Å². The molecule has 0 atom stereocenters. The van der Waals surface area contributed by atoms with Crippen LogP contribution in [0, 0.1) is 0 Å². The zero-order valence-electron chi connectivity index (χ0n) is 15.5. The van der Waals surface area contributed by atoms with Crippen molar-refractivity contribution in [2.45, 2.75) is 32.0 Å². The Morgan fingerprint density at radius 1 is 1.11 bits per heavy atom. The van der Waals surface area contributed by atoms with Crippen molar-refractivity contribution in [2.75, 3.05) is 0 Å². The normalized spacial score (nSPS) is 13.7. The van der Waals surface area contributed by atoms with Gasteiger partial charge in [0.15, 0.2) is 0 Å². The molecule has 1 amide bonds. The molecule has 5 rings (SSSR count). The molecule has 1 saturated carbocycles. The van der Waals surface area contributed by atoms with Gasteiger partial charge in [0.05, 0.1) is 24.8 Å². The van der Waals surface area contributed by atoms with Gasteiger partial charge >= 0.3 is 0 Å². The highest BCUT2D eigenvalue weighted by Crippen LogP contribution is 2.30. The minimum absolute atomic E-state index is 0.0857. The smallest absolute Gasteiger partial charge is 0.254 e. The number of carbonyl (C=O) groups is 1. The molecule has 1 fully saturated rings. The van der Waals surface area contributed by atoms with Crippen molar-refractivity contribution < 1.29 is 4.79 Å². The second kappa shape index (κ2) is 6.96. The van der Waals surface area contributed by atoms with Crippen molar-refractivity contribution in [3.63, 3.8) is 0 Å². The standard InChI is InChI=1S/C22H21N5O/c28-22(18-6-4-17(5-7-18)14-25-12-10-23-16-25)27(19-8-9-19)15-20-13-24-21-3-1-2-11-26(20)21/h1-7,10-13,16,19H,8-9,14-15H2. The molecule has 0 N–H and O–H groups in total. The van der Waals surface area contributed by atoms with Crippen LogP contribution in [0.5, 0.6) is 0 Å². The SMILES string of the molecule is O=C(c1ccc(Cn2ccnc2)cc1)N(Cc1cnc2ccccn12)C1CC1. The van der Waals surface area contributed by atoms with E-state index in [0.29, 0.717) is 12.6 Å². The van der Waals surface area contributed by atoms with Gasteiger partial charge in [-0.15, -0.1) is 0 Å². The summed E-state index contributed by atoms with van der Waals surface area (Å²) >= 11 is 0. The van der Waals surface area contributed by atoms with Gasteiger partial charge in [0.1, 0.15) is 5.65 Å². The maximum Gasteiger partial charge on any atom is 0.254 e. The van der Waals surface area contributed by atoms with Gasteiger partial charge < -0.3 is 13.9 Å². The summed E-state index contributed by atoms with van der Waals surface area (Å²) in [7, 11) is 0. The lowest BCUT2D eigenvalue weighted by molar-refractivity contribution is 0.0727. The minimum Gasteiger partial charge on any atom is -0.333 e. The van der Waals surface area contributed by atoms with Crippen LogP contribution in [0.3, 0.4) is 0 Å². The number of carbonyl (C=O) groups excluding carboxylic acids is 1. The van der Waals surface area contributed by atoms with E-state index >= 15 is 0 Å². The van der Waals surface area contributed by atoms with Gasteiger partial charge in [0.2, 0.25) is 0 Å². The summed E-state index contributed by atoms with van der Waals surface area (Å²) in [5.41, 5.74) is 3.82. The molecule has 3 heterocycles. The van der Waals surface area contributed by atoms with E-state index < -0.39 is 0 Å². The third-order valence-corrected chi connectivity index (χ3v) is 5.20. The molecule has 4 aromatic rings. The fraction of sp³-hybridized carbons (Fsp3) is 0.227. The Hall–Kier alpha value is -3.41. The van der Waals surface area contributed by atoms with Crippen molar-refractivity contribution in [1.29, 1.82) is 0 Å². The molecule has 6 nitrogen and oxygen atoms in total. The van der Waals surface area contributed by atoms with Crippen LogP contribution >= 0.6 is 0 Å². The molecule has 140 valence electrons. The van der Waals surface area contributed by atoms with Gasteiger partial charge in [-0.2, -0.15) is 0 Å². The molecular weight excluding hydrogens is 350 g/mol. The Balaban J connectivity index is 1.36. The Morgan fingerprint density at radius 2 is 1.96 bits per heavy atom. The number of imidazole rings is 2. The second-order valence-electron chi connectivity index (χ2n) is 7.27. The number of hydrogen-bond acceptors (Lipinski definition) is 3. The number of benzene rings is 1. The van der Waals surface area contributed by atoms with Gasteiger partial charge in [0.25, 0.3) is 5.91 Å². The molecule has 28 heavy (non-hydrogen) atoms. The Morgan fingerprint density at radius 3 is 2.71 bits per heavy atom. The average Bonchev–Trinajstić information content (AvgIpc) is 3.29. The molecule has 1 aliphatic rings. The maximum absolute atomic E-state index is 13.2. The molecule has 0 bridgehead atoms. The highest BCUT2D eigenvalue weighted by Gasteiger charge is 2.33. The van der Waals surface area contributed by atoms with E-state index in [4.69, 9.17) is 0 Å². The first-order valence-electron chi connectivity index (χ1n) is 9.54.